The molecule has 3 nitrogen and oxygen atoms in total. The van der Waals surface area contributed by atoms with Gasteiger partial charge in [0.1, 0.15) is 0 Å². The van der Waals surface area contributed by atoms with E-state index in [1.165, 1.54) is 5.75 Å². The van der Waals surface area contributed by atoms with Gasteiger partial charge < -0.3 is 14.8 Å². The van der Waals surface area contributed by atoms with E-state index in [4.69, 9.17) is 9.47 Å². The lowest BCUT2D eigenvalue weighted by Crippen LogP contribution is -2.26. The first-order valence-corrected chi connectivity index (χ1v) is 6.47. The number of nitrogens with one attached hydrogen (secondary N) is 1. The van der Waals surface area contributed by atoms with Gasteiger partial charge >= 0.3 is 0 Å². The smallest absolute Gasteiger partial charge is 0.0700 e. The van der Waals surface area contributed by atoms with Gasteiger partial charge in [-0.05, 0) is 24.5 Å². The van der Waals surface area contributed by atoms with Gasteiger partial charge in [0.25, 0.3) is 0 Å². The van der Waals surface area contributed by atoms with Crippen LogP contribution in [0.1, 0.15) is 6.92 Å². The van der Waals surface area contributed by atoms with Gasteiger partial charge in [0.2, 0.25) is 0 Å². The SMILES string of the molecule is COCCOCCNCC(C)CSC. The molecule has 0 amide bonds. The van der Waals surface area contributed by atoms with Crippen molar-refractivity contribution in [3.05, 3.63) is 0 Å². The summed E-state index contributed by atoms with van der Waals surface area (Å²) in [7, 11) is 1.69. The van der Waals surface area contributed by atoms with E-state index in [2.05, 4.69) is 18.5 Å². The predicted octanol–water partition coefficient (Wildman–Crippen LogP) is 1.24. The summed E-state index contributed by atoms with van der Waals surface area (Å²) < 4.78 is 10.2. The van der Waals surface area contributed by atoms with Crippen molar-refractivity contribution in [1.82, 2.24) is 5.32 Å². The molecule has 0 aliphatic rings. The highest BCUT2D eigenvalue weighted by Crippen LogP contribution is 2.01. The predicted molar refractivity (Wildman–Crippen MR) is 63.1 cm³/mol. The summed E-state index contributed by atoms with van der Waals surface area (Å²) in [6.45, 7) is 6.42. The van der Waals surface area contributed by atoms with Crippen LogP contribution in [-0.2, 0) is 9.47 Å². The van der Waals surface area contributed by atoms with Gasteiger partial charge in [-0.3, -0.25) is 0 Å². The van der Waals surface area contributed by atoms with Crippen molar-refractivity contribution in [2.45, 2.75) is 6.92 Å². The van der Waals surface area contributed by atoms with E-state index in [0.29, 0.717) is 13.2 Å². The topological polar surface area (TPSA) is 30.5 Å². The molecular formula is C10H23NO2S. The van der Waals surface area contributed by atoms with Crippen molar-refractivity contribution >= 4 is 11.8 Å². The number of hydrogen-bond donors (Lipinski definition) is 1. The fraction of sp³-hybridized carbons (Fsp3) is 1.00. The van der Waals surface area contributed by atoms with Gasteiger partial charge in [-0.1, -0.05) is 6.92 Å². The Labute approximate surface area is 91.9 Å². The number of ether oxygens (including phenoxy) is 2. The third-order valence-corrected chi connectivity index (χ3v) is 2.70. The van der Waals surface area contributed by atoms with Gasteiger partial charge in [-0.25, -0.2) is 0 Å². The second kappa shape index (κ2) is 11.3. The molecule has 0 radical (unpaired) electrons. The van der Waals surface area contributed by atoms with E-state index < -0.39 is 0 Å². The lowest BCUT2D eigenvalue weighted by Gasteiger charge is -2.11. The quantitative estimate of drug-likeness (QED) is 0.562. The van der Waals surface area contributed by atoms with E-state index in [-0.39, 0.29) is 0 Å². The first kappa shape index (κ1) is 14.2. The minimum absolute atomic E-state index is 0.683. The molecule has 0 saturated carbocycles. The number of thioether (sulfide) groups is 1. The fourth-order valence-corrected chi connectivity index (χ4v) is 1.77. The summed E-state index contributed by atoms with van der Waals surface area (Å²) in [4.78, 5) is 0. The molecule has 0 heterocycles. The Morgan fingerprint density at radius 1 is 1.29 bits per heavy atom. The van der Waals surface area contributed by atoms with Crippen molar-refractivity contribution in [3.63, 3.8) is 0 Å². The number of rotatable bonds is 10. The van der Waals surface area contributed by atoms with Gasteiger partial charge in [-0.2, -0.15) is 11.8 Å². The number of hydrogen-bond acceptors (Lipinski definition) is 4. The molecule has 86 valence electrons. The largest absolute Gasteiger partial charge is 0.382 e. The fourth-order valence-electron chi connectivity index (χ4n) is 1.08. The molecule has 0 aromatic heterocycles. The van der Waals surface area contributed by atoms with Crippen LogP contribution in [0.4, 0.5) is 0 Å². The molecule has 0 rings (SSSR count). The van der Waals surface area contributed by atoms with Gasteiger partial charge in [0, 0.05) is 13.7 Å². The molecule has 0 spiro atoms. The Bertz CT molecular complexity index is 114. The van der Waals surface area contributed by atoms with E-state index >= 15 is 0 Å². The highest BCUT2D eigenvalue weighted by Gasteiger charge is 1.98. The van der Waals surface area contributed by atoms with Crippen molar-refractivity contribution < 1.29 is 9.47 Å². The maximum absolute atomic E-state index is 5.32. The zero-order valence-electron chi connectivity index (χ0n) is 9.54. The normalized spacial score (nSPS) is 13.1. The van der Waals surface area contributed by atoms with Gasteiger partial charge in [0.05, 0.1) is 19.8 Å². The molecule has 0 aliphatic carbocycles. The standard InChI is InChI=1S/C10H23NO2S/c1-10(9-14-3)8-11-4-5-13-7-6-12-2/h10-11H,4-9H2,1-3H3. The zero-order valence-corrected chi connectivity index (χ0v) is 10.4. The maximum Gasteiger partial charge on any atom is 0.0700 e. The molecule has 4 heteroatoms. The first-order valence-electron chi connectivity index (χ1n) is 5.07. The van der Waals surface area contributed by atoms with Crippen LogP contribution in [-0.4, -0.2) is 52.0 Å². The van der Waals surface area contributed by atoms with E-state index in [0.717, 1.165) is 25.6 Å². The van der Waals surface area contributed by atoms with Crippen LogP contribution in [0.25, 0.3) is 0 Å². The third kappa shape index (κ3) is 10.3. The average molecular weight is 221 g/mol. The Kier molecular flexibility index (Phi) is 11.5. The van der Waals surface area contributed by atoms with Gasteiger partial charge in [-0.15, -0.1) is 0 Å². The van der Waals surface area contributed by atoms with E-state index in [9.17, 15) is 0 Å². The Balaban J connectivity index is 2.98. The molecule has 0 aliphatic heterocycles. The molecule has 1 N–H and O–H groups in total. The van der Waals surface area contributed by atoms with Crippen LogP contribution in [0.5, 0.6) is 0 Å². The van der Waals surface area contributed by atoms with Crippen LogP contribution in [0.15, 0.2) is 0 Å². The lowest BCUT2D eigenvalue weighted by atomic mass is 10.2. The molecule has 0 fully saturated rings. The summed E-state index contributed by atoms with van der Waals surface area (Å²) in [6.07, 6.45) is 2.14. The molecule has 1 atom stereocenters. The van der Waals surface area contributed by atoms with Crippen molar-refractivity contribution in [2.24, 2.45) is 5.92 Å². The summed E-state index contributed by atoms with van der Waals surface area (Å²) >= 11 is 1.90. The Hall–Kier alpha value is 0.230. The monoisotopic (exact) mass is 221 g/mol. The molecule has 0 bridgehead atoms. The van der Waals surface area contributed by atoms with Crippen molar-refractivity contribution in [2.75, 3.05) is 52.0 Å². The van der Waals surface area contributed by atoms with Crippen LogP contribution in [0, 0.1) is 5.92 Å². The summed E-state index contributed by atoms with van der Waals surface area (Å²) in [5.41, 5.74) is 0. The minimum atomic E-state index is 0.683. The summed E-state index contributed by atoms with van der Waals surface area (Å²) in [6, 6.07) is 0. The second-order valence-corrected chi connectivity index (χ2v) is 4.28. The molecule has 0 aromatic rings. The zero-order chi connectivity index (χ0) is 10.6. The minimum Gasteiger partial charge on any atom is -0.382 e. The Morgan fingerprint density at radius 3 is 2.71 bits per heavy atom. The van der Waals surface area contributed by atoms with Crippen molar-refractivity contribution in [1.29, 1.82) is 0 Å². The summed E-state index contributed by atoms with van der Waals surface area (Å²) in [5, 5.41) is 3.37. The first-order chi connectivity index (χ1) is 6.81. The van der Waals surface area contributed by atoms with Crippen LogP contribution >= 0.6 is 11.8 Å². The average Bonchev–Trinajstić information content (AvgIpc) is 2.17. The van der Waals surface area contributed by atoms with E-state index in [1.807, 2.05) is 11.8 Å². The molecule has 1 unspecified atom stereocenters. The third-order valence-electron chi connectivity index (χ3n) is 1.80. The number of methoxy groups -OCH3 is 1. The molecular weight excluding hydrogens is 198 g/mol. The molecule has 14 heavy (non-hydrogen) atoms. The van der Waals surface area contributed by atoms with Crippen LogP contribution in [0.2, 0.25) is 0 Å². The lowest BCUT2D eigenvalue weighted by molar-refractivity contribution is 0.0718. The Morgan fingerprint density at radius 2 is 2.07 bits per heavy atom. The molecule has 0 saturated heterocycles. The van der Waals surface area contributed by atoms with Gasteiger partial charge in [0.15, 0.2) is 0 Å². The maximum atomic E-state index is 5.32. The van der Waals surface area contributed by atoms with Crippen molar-refractivity contribution in [3.8, 4) is 0 Å². The summed E-state index contributed by atoms with van der Waals surface area (Å²) in [5.74, 6) is 1.96. The van der Waals surface area contributed by atoms with Crippen LogP contribution in [0.3, 0.4) is 0 Å². The highest BCUT2D eigenvalue weighted by molar-refractivity contribution is 7.98. The van der Waals surface area contributed by atoms with Crippen LogP contribution < -0.4 is 5.32 Å². The highest BCUT2D eigenvalue weighted by atomic mass is 32.2. The van der Waals surface area contributed by atoms with E-state index in [1.54, 1.807) is 7.11 Å². The molecule has 0 aromatic carbocycles. The second-order valence-electron chi connectivity index (χ2n) is 3.37.